The summed E-state index contributed by atoms with van der Waals surface area (Å²) in [7, 11) is -2.64. The second-order valence-corrected chi connectivity index (χ2v) is 6.77. The van der Waals surface area contributed by atoms with E-state index in [2.05, 4.69) is 4.74 Å². The normalized spacial score (nSPS) is 20.0. The van der Waals surface area contributed by atoms with E-state index in [0.29, 0.717) is 12.8 Å². The lowest BCUT2D eigenvalue weighted by Gasteiger charge is -2.22. The molecule has 2 rings (SSSR count). The summed E-state index contributed by atoms with van der Waals surface area (Å²) in [5.41, 5.74) is 5.82. The first-order chi connectivity index (χ1) is 9.37. The number of nitrogens with zero attached hydrogens (tertiary/aromatic N) is 1. The van der Waals surface area contributed by atoms with E-state index in [1.807, 2.05) is 0 Å². The molecule has 1 saturated heterocycles. The standard InChI is InChI=1S/C12H15ClN2O4S/c1-19-12(16)10-3-2-6-15(10)20(17,18)11-7-8(13)4-5-9(11)14/h4-5,7,10H,2-3,6,14H2,1H3. The van der Waals surface area contributed by atoms with Crippen molar-refractivity contribution < 1.29 is 17.9 Å². The molecule has 1 aromatic carbocycles. The molecular formula is C12H15ClN2O4S. The van der Waals surface area contributed by atoms with Gasteiger partial charge in [-0.25, -0.2) is 8.42 Å². The van der Waals surface area contributed by atoms with Crippen LogP contribution < -0.4 is 5.73 Å². The predicted molar refractivity (Wildman–Crippen MR) is 74.8 cm³/mol. The van der Waals surface area contributed by atoms with E-state index >= 15 is 0 Å². The molecule has 1 aliphatic rings. The molecule has 0 radical (unpaired) electrons. The van der Waals surface area contributed by atoms with Gasteiger partial charge in [0.1, 0.15) is 10.9 Å². The smallest absolute Gasteiger partial charge is 0.324 e. The molecule has 1 aliphatic heterocycles. The molecule has 0 spiro atoms. The Kier molecular flexibility index (Phi) is 4.22. The van der Waals surface area contributed by atoms with Gasteiger partial charge in [0.15, 0.2) is 0 Å². The SMILES string of the molecule is COC(=O)C1CCCN1S(=O)(=O)c1cc(Cl)ccc1N. The minimum Gasteiger partial charge on any atom is -0.468 e. The van der Waals surface area contributed by atoms with Crippen LogP contribution in [0.5, 0.6) is 0 Å². The van der Waals surface area contributed by atoms with Gasteiger partial charge in [-0.3, -0.25) is 4.79 Å². The number of ether oxygens (including phenoxy) is 1. The summed E-state index contributed by atoms with van der Waals surface area (Å²) < 4.78 is 31.0. The Balaban J connectivity index is 2.44. The summed E-state index contributed by atoms with van der Waals surface area (Å²) in [5, 5.41) is 0.270. The maximum Gasteiger partial charge on any atom is 0.324 e. The van der Waals surface area contributed by atoms with Crippen LogP contribution in [0.4, 0.5) is 5.69 Å². The van der Waals surface area contributed by atoms with Crippen molar-refractivity contribution in [1.29, 1.82) is 0 Å². The van der Waals surface area contributed by atoms with E-state index in [4.69, 9.17) is 17.3 Å². The van der Waals surface area contributed by atoms with E-state index in [1.54, 1.807) is 0 Å². The number of benzene rings is 1. The number of nitrogens with two attached hydrogens (primary N) is 1. The minimum atomic E-state index is -3.87. The fraction of sp³-hybridized carbons (Fsp3) is 0.417. The third-order valence-corrected chi connectivity index (χ3v) is 5.44. The van der Waals surface area contributed by atoms with Gasteiger partial charge in [0.25, 0.3) is 0 Å². The fourth-order valence-corrected chi connectivity index (χ4v) is 4.28. The van der Waals surface area contributed by atoms with Gasteiger partial charge in [-0.1, -0.05) is 11.6 Å². The number of sulfonamides is 1. The van der Waals surface area contributed by atoms with Gasteiger partial charge in [-0.15, -0.1) is 0 Å². The Labute approximate surface area is 122 Å². The molecule has 0 aliphatic carbocycles. The molecule has 110 valence electrons. The number of methoxy groups -OCH3 is 1. The third-order valence-electron chi connectivity index (χ3n) is 3.24. The molecule has 1 fully saturated rings. The summed E-state index contributed by atoms with van der Waals surface area (Å²) in [5.74, 6) is -0.563. The second-order valence-electron chi connectivity index (χ2n) is 4.48. The fourth-order valence-electron chi connectivity index (χ4n) is 2.26. The Bertz CT molecular complexity index is 632. The quantitative estimate of drug-likeness (QED) is 0.669. The van der Waals surface area contributed by atoms with Crippen molar-refractivity contribution in [2.24, 2.45) is 0 Å². The van der Waals surface area contributed by atoms with Crippen molar-refractivity contribution in [1.82, 2.24) is 4.31 Å². The number of esters is 1. The number of hydrogen-bond donors (Lipinski definition) is 1. The highest BCUT2D eigenvalue weighted by Gasteiger charge is 2.40. The van der Waals surface area contributed by atoms with E-state index in [-0.39, 0.29) is 22.2 Å². The number of hydrogen-bond acceptors (Lipinski definition) is 5. The maximum atomic E-state index is 12.6. The lowest BCUT2D eigenvalue weighted by molar-refractivity contribution is -0.144. The summed E-state index contributed by atoms with van der Waals surface area (Å²) in [6, 6.07) is 3.43. The lowest BCUT2D eigenvalue weighted by Crippen LogP contribution is -2.41. The first-order valence-corrected chi connectivity index (χ1v) is 7.84. The highest BCUT2D eigenvalue weighted by atomic mass is 35.5. The van der Waals surface area contributed by atoms with Crippen LogP contribution in [0.2, 0.25) is 5.02 Å². The molecule has 6 nitrogen and oxygen atoms in total. The van der Waals surface area contributed by atoms with Crippen LogP contribution >= 0.6 is 11.6 Å². The number of carbonyl (C=O) groups excluding carboxylic acids is 1. The van der Waals surface area contributed by atoms with Crippen LogP contribution in [0, 0.1) is 0 Å². The summed E-state index contributed by atoms with van der Waals surface area (Å²) >= 11 is 5.83. The molecule has 0 aromatic heterocycles. The highest BCUT2D eigenvalue weighted by Crippen LogP contribution is 2.31. The zero-order chi connectivity index (χ0) is 14.9. The number of rotatable bonds is 3. The van der Waals surface area contributed by atoms with Crippen molar-refractivity contribution in [3.05, 3.63) is 23.2 Å². The second kappa shape index (κ2) is 5.59. The molecule has 0 bridgehead atoms. The van der Waals surface area contributed by atoms with E-state index in [1.165, 1.54) is 25.3 Å². The highest BCUT2D eigenvalue weighted by molar-refractivity contribution is 7.89. The molecular weight excluding hydrogens is 304 g/mol. The summed E-state index contributed by atoms with van der Waals surface area (Å²) in [6.45, 7) is 0.258. The Morgan fingerprint density at radius 2 is 2.20 bits per heavy atom. The van der Waals surface area contributed by atoms with Crippen LogP contribution in [0.25, 0.3) is 0 Å². The Hall–Kier alpha value is -1.31. The number of nitrogen functional groups attached to an aromatic ring is 1. The van der Waals surface area contributed by atoms with Gasteiger partial charge in [0, 0.05) is 11.6 Å². The topological polar surface area (TPSA) is 89.7 Å². The van der Waals surface area contributed by atoms with Crippen molar-refractivity contribution >= 4 is 33.3 Å². The van der Waals surface area contributed by atoms with Gasteiger partial charge in [-0.2, -0.15) is 4.31 Å². The van der Waals surface area contributed by atoms with Crippen LogP contribution in [-0.4, -0.2) is 38.4 Å². The number of carbonyl (C=O) groups is 1. The lowest BCUT2D eigenvalue weighted by atomic mass is 10.2. The molecule has 2 N–H and O–H groups in total. The minimum absolute atomic E-state index is 0.0826. The molecule has 1 heterocycles. The van der Waals surface area contributed by atoms with Crippen LogP contribution in [0.1, 0.15) is 12.8 Å². The van der Waals surface area contributed by atoms with Gasteiger partial charge in [0.2, 0.25) is 10.0 Å². The van der Waals surface area contributed by atoms with E-state index in [9.17, 15) is 13.2 Å². The van der Waals surface area contributed by atoms with Crippen LogP contribution in [0.3, 0.4) is 0 Å². The van der Waals surface area contributed by atoms with Crippen molar-refractivity contribution in [2.75, 3.05) is 19.4 Å². The Morgan fingerprint density at radius 1 is 1.50 bits per heavy atom. The summed E-state index contributed by atoms with van der Waals surface area (Å²) in [6.07, 6.45) is 1.03. The third kappa shape index (κ3) is 2.61. The largest absolute Gasteiger partial charge is 0.468 e. The predicted octanol–water partition coefficient (Wildman–Crippen LogP) is 1.25. The molecule has 1 unspecified atom stereocenters. The summed E-state index contributed by atoms with van der Waals surface area (Å²) in [4.78, 5) is 11.6. The molecule has 1 aromatic rings. The van der Waals surface area contributed by atoms with Gasteiger partial charge in [-0.05, 0) is 31.0 Å². The molecule has 0 saturated carbocycles. The monoisotopic (exact) mass is 318 g/mol. The maximum absolute atomic E-state index is 12.6. The molecule has 1 atom stereocenters. The van der Waals surface area contributed by atoms with Gasteiger partial charge in [0.05, 0.1) is 12.8 Å². The number of halogens is 1. The first kappa shape index (κ1) is 15.1. The Morgan fingerprint density at radius 3 is 2.85 bits per heavy atom. The van der Waals surface area contributed by atoms with E-state index < -0.39 is 22.0 Å². The van der Waals surface area contributed by atoms with Crippen molar-refractivity contribution in [3.63, 3.8) is 0 Å². The van der Waals surface area contributed by atoms with E-state index in [0.717, 1.165) is 4.31 Å². The number of anilines is 1. The van der Waals surface area contributed by atoms with Gasteiger partial charge >= 0.3 is 5.97 Å². The van der Waals surface area contributed by atoms with Crippen molar-refractivity contribution in [3.8, 4) is 0 Å². The molecule has 20 heavy (non-hydrogen) atoms. The van der Waals surface area contributed by atoms with Crippen molar-refractivity contribution in [2.45, 2.75) is 23.8 Å². The average molecular weight is 319 g/mol. The molecule has 8 heteroatoms. The molecule has 0 amide bonds. The van der Waals surface area contributed by atoms with Crippen LogP contribution in [-0.2, 0) is 19.6 Å². The first-order valence-electron chi connectivity index (χ1n) is 6.02. The van der Waals surface area contributed by atoms with Crippen LogP contribution in [0.15, 0.2) is 23.1 Å². The average Bonchev–Trinajstić information content (AvgIpc) is 2.90. The van der Waals surface area contributed by atoms with Gasteiger partial charge < -0.3 is 10.5 Å². The zero-order valence-corrected chi connectivity index (χ0v) is 12.4. The zero-order valence-electron chi connectivity index (χ0n) is 10.9.